The summed E-state index contributed by atoms with van der Waals surface area (Å²) < 4.78 is 4.74. The van der Waals surface area contributed by atoms with Crippen molar-refractivity contribution in [3.63, 3.8) is 0 Å². The Bertz CT molecular complexity index is 408. The Morgan fingerprint density at radius 3 is 2.56 bits per heavy atom. The number of anilines is 1. The second-order valence-electron chi connectivity index (χ2n) is 3.42. The fraction of sp³-hybridized carbons (Fsp3) is 0.273. The summed E-state index contributed by atoms with van der Waals surface area (Å²) in [7, 11) is 0. The molecule has 0 aliphatic carbocycles. The van der Waals surface area contributed by atoms with Crippen LogP contribution >= 0.6 is 0 Å². The van der Waals surface area contributed by atoms with Gasteiger partial charge in [-0.2, -0.15) is 0 Å². The third-order valence-electron chi connectivity index (χ3n) is 2.14. The minimum absolute atomic E-state index is 0.218. The highest BCUT2D eigenvalue weighted by molar-refractivity contribution is 5.97. The predicted octanol–water partition coefficient (Wildman–Crippen LogP) is 1.21. The highest BCUT2D eigenvalue weighted by Crippen LogP contribution is 2.17. The number of ether oxygens (including phenoxy) is 1. The summed E-state index contributed by atoms with van der Waals surface area (Å²) in [6.07, 6.45) is -1.19. The molecule has 1 unspecified atom stereocenters. The smallest absolute Gasteiger partial charge is 0.344 e. The number of carboxylic acid groups (broad SMARTS) is 1. The van der Waals surface area contributed by atoms with Crippen LogP contribution in [0.3, 0.4) is 0 Å². The fourth-order valence-corrected chi connectivity index (χ4v) is 1.24. The van der Waals surface area contributed by atoms with E-state index < -0.39 is 18.0 Å². The Labute approximate surface area is 92.8 Å². The Hall–Kier alpha value is -2.04. The molecule has 1 aromatic carbocycles. The summed E-state index contributed by atoms with van der Waals surface area (Å²) in [6, 6.07) is 4.98. The zero-order valence-electron chi connectivity index (χ0n) is 9.06. The van der Waals surface area contributed by atoms with Gasteiger partial charge in [0, 0.05) is 5.69 Å². The summed E-state index contributed by atoms with van der Waals surface area (Å²) in [6.45, 7) is 2.99. The van der Waals surface area contributed by atoms with Crippen LogP contribution < -0.4 is 5.73 Å². The maximum atomic E-state index is 11.6. The molecule has 0 heterocycles. The van der Waals surface area contributed by atoms with Crippen LogP contribution in [0.25, 0.3) is 0 Å². The summed E-state index contributed by atoms with van der Waals surface area (Å²) in [5.74, 6) is -1.91. The van der Waals surface area contributed by atoms with E-state index in [0.717, 1.165) is 0 Å². The summed E-state index contributed by atoms with van der Waals surface area (Å²) >= 11 is 0. The summed E-state index contributed by atoms with van der Waals surface area (Å²) in [5.41, 5.74) is 6.78. The quantitative estimate of drug-likeness (QED) is 0.593. The monoisotopic (exact) mass is 223 g/mol. The second-order valence-corrected chi connectivity index (χ2v) is 3.42. The minimum Gasteiger partial charge on any atom is -0.479 e. The minimum atomic E-state index is -1.19. The SMILES string of the molecule is Cc1cccc(N)c1C(=O)OC(C)C(=O)O. The highest BCUT2D eigenvalue weighted by Gasteiger charge is 2.20. The van der Waals surface area contributed by atoms with Crippen molar-refractivity contribution in [2.24, 2.45) is 0 Å². The van der Waals surface area contributed by atoms with Gasteiger partial charge in [-0.3, -0.25) is 0 Å². The lowest BCUT2D eigenvalue weighted by atomic mass is 10.1. The number of carbonyl (C=O) groups excluding carboxylic acids is 1. The molecule has 0 aliphatic heterocycles. The number of nitrogens with two attached hydrogens (primary N) is 1. The highest BCUT2D eigenvalue weighted by atomic mass is 16.6. The first kappa shape index (κ1) is 12.0. The Balaban J connectivity index is 2.93. The molecule has 0 amide bonds. The van der Waals surface area contributed by atoms with Crippen molar-refractivity contribution < 1.29 is 19.4 Å². The molecule has 0 saturated heterocycles. The van der Waals surface area contributed by atoms with Crippen LogP contribution in [-0.2, 0) is 9.53 Å². The number of hydrogen-bond acceptors (Lipinski definition) is 4. The van der Waals surface area contributed by atoms with Crippen molar-refractivity contribution in [2.45, 2.75) is 20.0 Å². The van der Waals surface area contributed by atoms with Gasteiger partial charge in [0.25, 0.3) is 0 Å². The molecule has 0 radical (unpaired) electrons. The zero-order chi connectivity index (χ0) is 12.3. The number of aliphatic carboxylic acids is 1. The van der Waals surface area contributed by atoms with E-state index in [4.69, 9.17) is 15.6 Å². The molecule has 1 aromatic rings. The van der Waals surface area contributed by atoms with Gasteiger partial charge in [-0.15, -0.1) is 0 Å². The van der Waals surface area contributed by atoms with Crippen LogP contribution in [0, 0.1) is 6.92 Å². The maximum absolute atomic E-state index is 11.6. The Kier molecular flexibility index (Phi) is 3.50. The molecule has 0 saturated carbocycles. The molecule has 0 aliphatic rings. The van der Waals surface area contributed by atoms with Gasteiger partial charge >= 0.3 is 11.9 Å². The van der Waals surface area contributed by atoms with E-state index in [1.807, 2.05) is 0 Å². The van der Waals surface area contributed by atoms with Crippen molar-refractivity contribution in [1.82, 2.24) is 0 Å². The van der Waals surface area contributed by atoms with Gasteiger partial charge in [0.1, 0.15) is 0 Å². The standard InChI is InChI=1S/C11H13NO4/c1-6-4-3-5-8(12)9(6)11(15)16-7(2)10(13)14/h3-5,7H,12H2,1-2H3,(H,13,14). The number of hydrogen-bond donors (Lipinski definition) is 2. The van der Waals surface area contributed by atoms with Crippen molar-refractivity contribution in [1.29, 1.82) is 0 Å². The molecular formula is C11H13NO4. The average Bonchev–Trinajstić information content (AvgIpc) is 2.16. The van der Waals surface area contributed by atoms with Crippen LogP contribution in [0.1, 0.15) is 22.8 Å². The largest absolute Gasteiger partial charge is 0.479 e. The van der Waals surface area contributed by atoms with Crippen LogP contribution in [0.5, 0.6) is 0 Å². The van der Waals surface area contributed by atoms with Gasteiger partial charge in [0.2, 0.25) is 0 Å². The molecule has 0 spiro atoms. The second kappa shape index (κ2) is 4.65. The number of aryl methyl sites for hydroxylation is 1. The molecule has 1 rings (SSSR count). The van der Waals surface area contributed by atoms with Crippen molar-refractivity contribution in [2.75, 3.05) is 5.73 Å². The molecule has 16 heavy (non-hydrogen) atoms. The number of carboxylic acids is 1. The van der Waals surface area contributed by atoms with E-state index in [1.165, 1.54) is 6.92 Å². The van der Waals surface area contributed by atoms with Crippen molar-refractivity contribution in [3.8, 4) is 0 Å². The van der Waals surface area contributed by atoms with Gasteiger partial charge in [-0.25, -0.2) is 9.59 Å². The van der Waals surface area contributed by atoms with E-state index >= 15 is 0 Å². The first-order chi connectivity index (χ1) is 7.43. The van der Waals surface area contributed by atoms with E-state index in [2.05, 4.69) is 0 Å². The van der Waals surface area contributed by atoms with Gasteiger partial charge in [0.15, 0.2) is 6.10 Å². The van der Waals surface area contributed by atoms with Crippen molar-refractivity contribution >= 4 is 17.6 Å². The molecular weight excluding hydrogens is 210 g/mol. The number of nitrogen functional groups attached to an aromatic ring is 1. The summed E-state index contributed by atoms with van der Waals surface area (Å²) in [5, 5.41) is 8.61. The first-order valence-electron chi connectivity index (χ1n) is 4.72. The van der Waals surface area contributed by atoms with Crippen LogP contribution in [-0.4, -0.2) is 23.1 Å². The third-order valence-corrected chi connectivity index (χ3v) is 2.14. The lowest BCUT2D eigenvalue weighted by molar-refractivity contribution is -0.146. The molecule has 5 nitrogen and oxygen atoms in total. The molecule has 0 fully saturated rings. The third kappa shape index (κ3) is 2.50. The van der Waals surface area contributed by atoms with Crippen LogP contribution in [0.4, 0.5) is 5.69 Å². The predicted molar refractivity (Wildman–Crippen MR) is 58.1 cm³/mol. The average molecular weight is 223 g/mol. The van der Waals surface area contributed by atoms with Crippen molar-refractivity contribution in [3.05, 3.63) is 29.3 Å². The molecule has 86 valence electrons. The van der Waals surface area contributed by atoms with E-state index in [1.54, 1.807) is 25.1 Å². The van der Waals surface area contributed by atoms with Gasteiger partial charge < -0.3 is 15.6 Å². The molecule has 5 heteroatoms. The van der Waals surface area contributed by atoms with Crippen LogP contribution in [0.15, 0.2) is 18.2 Å². The number of benzene rings is 1. The lowest BCUT2D eigenvalue weighted by Crippen LogP contribution is -2.24. The van der Waals surface area contributed by atoms with Gasteiger partial charge in [-0.1, -0.05) is 12.1 Å². The molecule has 0 aromatic heterocycles. The maximum Gasteiger partial charge on any atom is 0.344 e. The Morgan fingerprint density at radius 2 is 2.06 bits per heavy atom. The number of rotatable bonds is 3. The zero-order valence-corrected chi connectivity index (χ0v) is 9.06. The molecule has 3 N–H and O–H groups in total. The lowest BCUT2D eigenvalue weighted by Gasteiger charge is -2.11. The van der Waals surface area contributed by atoms with Gasteiger partial charge in [-0.05, 0) is 25.5 Å². The first-order valence-corrected chi connectivity index (χ1v) is 4.72. The molecule has 1 atom stereocenters. The fourth-order valence-electron chi connectivity index (χ4n) is 1.24. The number of esters is 1. The normalized spacial score (nSPS) is 11.9. The number of carbonyl (C=O) groups is 2. The van der Waals surface area contributed by atoms with Gasteiger partial charge in [0.05, 0.1) is 5.56 Å². The molecule has 0 bridgehead atoms. The summed E-state index contributed by atoms with van der Waals surface area (Å²) in [4.78, 5) is 22.2. The van der Waals surface area contributed by atoms with E-state index in [9.17, 15) is 9.59 Å². The Morgan fingerprint density at radius 1 is 1.44 bits per heavy atom. The van der Waals surface area contributed by atoms with E-state index in [-0.39, 0.29) is 11.3 Å². The van der Waals surface area contributed by atoms with E-state index in [0.29, 0.717) is 5.56 Å². The van der Waals surface area contributed by atoms with Crippen LogP contribution in [0.2, 0.25) is 0 Å². The topological polar surface area (TPSA) is 89.6 Å².